The number of aromatic nitrogens is 3. The number of hydrogen-bond donors (Lipinski definition) is 3. The molecule has 6 aromatic rings. The number of carbonyl (C=O) groups is 1. The molecular weight excluding hydrogens is 798 g/mol. The summed E-state index contributed by atoms with van der Waals surface area (Å²) in [6.07, 6.45) is 2.62. The van der Waals surface area contributed by atoms with Crippen LogP contribution in [0, 0.1) is 0 Å². The summed E-state index contributed by atoms with van der Waals surface area (Å²) in [5.74, 6) is -0.00911. The summed E-state index contributed by atoms with van der Waals surface area (Å²) in [5, 5.41) is 17.7. The van der Waals surface area contributed by atoms with Crippen LogP contribution in [0.25, 0.3) is 32.9 Å². The van der Waals surface area contributed by atoms with Crippen molar-refractivity contribution in [2.45, 2.75) is 70.2 Å². The number of ketones is 1. The number of aryl methyl sites for hydroxylation is 1. The number of fused-ring (bicyclic) bond motifs is 2. The number of piperazine rings is 1. The van der Waals surface area contributed by atoms with E-state index in [1.807, 2.05) is 24.3 Å². The van der Waals surface area contributed by atoms with Crippen molar-refractivity contribution >= 4 is 50.8 Å². The normalized spacial score (nSPS) is 16.6. The smallest absolute Gasteiger partial charge is 0.406 e. The van der Waals surface area contributed by atoms with Gasteiger partial charge >= 0.3 is 6.36 Å². The fourth-order valence-corrected chi connectivity index (χ4v) is 9.06. The minimum atomic E-state index is -4.76. The Morgan fingerprint density at radius 3 is 2.31 bits per heavy atom. The van der Waals surface area contributed by atoms with Gasteiger partial charge in [-0.15, -0.1) is 13.2 Å². The summed E-state index contributed by atoms with van der Waals surface area (Å²) in [6, 6.07) is 24.4. The van der Waals surface area contributed by atoms with Crippen LogP contribution in [-0.4, -0.2) is 81.5 Å². The number of nitrogens with zero attached hydrogens (tertiary/aromatic N) is 4. The molecule has 3 N–H and O–H groups in total. The van der Waals surface area contributed by atoms with E-state index in [2.05, 4.69) is 76.5 Å². The quantitative estimate of drug-likeness (QED) is 0.0889. The van der Waals surface area contributed by atoms with Gasteiger partial charge in [0.15, 0.2) is 5.78 Å². The first kappa shape index (κ1) is 41.3. The first-order chi connectivity index (χ1) is 28.5. The number of ether oxygens (including phenoxy) is 1. The molecule has 4 aromatic carbocycles. The molecular formula is C45H48Cl2F3N7O2. The lowest BCUT2D eigenvalue weighted by Gasteiger charge is -2.37. The molecule has 310 valence electrons. The second-order valence-corrected chi connectivity index (χ2v) is 16.6. The number of carbonyl (C=O) groups excluding carboxylic acids is 1. The summed E-state index contributed by atoms with van der Waals surface area (Å²) >= 11 is 12.9. The summed E-state index contributed by atoms with van der Waals surface area (Å²) in [5.41, 5.74) is 6.39. The lowest BCUT2D eigenvalue weighted by Crippen LogP contribution is -2.57. The summed E-state index contributed by atoms with van der Waals surface area (Å²) < 4.78 is 45.3. The number of hydrogen-bond acceptors (Lipinski definition) is 7. The summed E-state index contributed by atoms with van der Waals surface area (Å²) in [6.45, 7) is 7.89. The average molecular weight is 847 g/mol. The third-order valence-corrected chi connectivity index (χ3v) is 12.5. The van der Waals surface area contributed by atoms with Gasteiger partial charge in [0.05, 0.1) is 17.3 Å². The van der Waals surface area contributed by atoms with Gasteiger partial charge in [-0.05, 0) is 97.9 Å². The summed E-state index contributed by atoms with van der Waals surface area (Å²) in [7, 11) is 0. The second-order valence-electron chi connectivity index (χ2n) is 15.8. The van der Waals surface area contributed by atoms with E-state index in [-0.39, 0.29) is 11.5 Å². The molecule has 14 heteroatoms. The van der Waals surface area contributed by atoms with Crippen molar-refractivity contribution in [2.75, 3.05) is 39.3 Å². The van der Waals surface area contributed by atoms with Gasteiger partial charge in [-0.2, -0.15) is 5.10 Å². The number of unbranched alkanes of at least 4 members (excludes halogenated alkanes) is 1. The SMILES string of the molecule is O=C(CCCCn1cc(-c2ccc(OC(F)(F)F)cc2)c2cc(CN3CCN(Cc4c(Cl)cccc4Cl)CC3)ccc21)C1(NCc2ccc3cn[nH]c3c2)CCNCC1. The molecule has 59 heavy (non-hydrogen) atoms. The van der Waals surface area contributed by atoms with Gasteiger partial charge in [0, 0.05) is 102 Å². The molecule has 2 aliphatic heterocycles. The molecule has 4 heterocycles. The van der Waals surface area contributed by atoms with E-state index in [0.29, 0.717) is 36.1 Å². The number of Topliss-reactive ketones (excluding diaryl/α,β-unsaturated/α-hetero) is 1. The zero-order valence-corrected chi connectivity index (χ0v) is 34.3. The van der Waals surface area contributed by atoms with Gasteiger partial charge in [-0.25, -0.2) is 0 Å². The highest BCUT2D eigenvalue weighted by atomic mass is 35.5. The predicted octanol–water partition coefficient (Wildman–Crippen LogP) is 9.36. The number of rotatable bonds is 15. The highest BCUT2D eigenvalue weighted by molar-refractivity contribution is 6.36. The Bertz CT molecular complexity index is 2360. The molecule has 0 atom stereocenters. The van der Waals surface area contributed by atoms with Gasteiger partial charge in [0.2, 0.25) is 0 Å². The van der Waals surface area contributed by atoms with Crippen LogP contribution < -0.4 is 15.4 Å². The Hall–Kier alpha value is -4.43. The number of piperidine rings is 1. The second kappa shape index (κ2) is 18.0. The maximum absolute atomic E-state index is 14.0. The number of halogens is 5. The Morgan fingerprint density at radius 2 is 1.58 bits per heavy atom. The van der Waals surface area contributed by atoms with Gasteiger partial charge in [-0.1, -0.05) is 59.6 Å². The zero-order valence-electron chi connectivity index (χ0n) is 32.8. The minimum absolute atomic E-state index is 0.249. The first-order valence-electron chi connectivity index (χ1n) is 20.3. The topological polar surface area (TPSA) is 90.5 Å². The molecule has 0 bridgehead atoms. The van der Waals surface area contributed by atoms with E-state index in [9.17, 15) is 18.0 Å². The first-order valence-corrected chi connectivity index (χ1v) is 21.0. The van der Waals surface area contributed by atoms with Crippen molar-refractivity contribution in [3.8, 4) is 16.9 Å². The average Bonchev–Trinajstić information content (AvgIpc) is 3.85. The molecule has 0 aliphatic carbocycles. The maximum Gasteiger partial charge on any atom is 0.573 e. The fraction of sp³-hybridized carbons (Fsp3) is 0.378. The van der Waals surface area contributed by atoms with Crippen LogP contribution in [0.1, 0.15) is 48.8 Å². The molecule has 0 unspecified atom stereocenters. The lowest BCUT2D eigenvalue weighted by molar-refractivity contribution is -0.274. The lowest BCUT2D eigenvalue weighted by atomic mass is 9.82. The number of nitrogens with one attached hydrogen (secondary N) is 3. The molecule has 2 fully saturated rings. The van der Waals surface area contributed by atoms with Gasteiger partial charge < -0.3 is 19.9 Å². The Morgan fingerprint density at radius 1 is 0.864 bits per heavy atom. The minimum Gasteiger partial charge on any atom is -0.406 e. The van der Waals surface area contributed by atoms with Crippen LogP contribution in [0.15, 0.2) is 91.3 Å². The number of H-pyrrole nitrogens is 1. The van der Waals surface area contributed by atoms with E-state index in [1.165, 1.54) is 12.1 Å². The highest BCUT2D eigenvalue weighted by Crippen LogP contribution is 2.35. The largest absolute Gasteiger partial charge is 0.573 e. The Kier molecular flexibility index (Phi) is 12.6. The van der Waals surface area contributed by atoms with Crippen molar-refractivity contribution < 1.29 is 22.7 Å². The van der Waals surface area contributed by atoms with E-state index >= 15 is 0 Å². The van der Waals surface area contributed by atoms with Crippen LogP contribution in [0.5, 0.6) is 5.75 Å². The fourth-order valence-electron chi connectivity index (χ4n) is 8.54. The number of alkyl halides is 3. The molecule has 2 aliphatic rings. The van der Waals surface area contributed by atoms with Crippen LogP contribution in [0.3, 0.4) is 0 Å². The Balaban J connectivity index is 0.940. The van der Waals surface area contributed by atoms with E-state index in [4.69, 9.17) is 23.2 Å². The molecule has 9 nitrogen and oxygen atoms in total. The number of benzene rings is 4. The van der Waals surface area contributed by atoms with E-state index < -0.39 is 11.9 Å². The standard InChI is InChI=1S/C45H48Cl2F3N7O2/c46-39-4-3-5-40(47)38(39)29-56-22-20-55(21-23-56)28-32-8-14-42-36(24-32)37(33-10-12-35(13-11-33)59-45(48,49)50)30-57(42)19-2-1-6-43(58)44(15-17-51-18-16-44)52-26-31-7-9-34-27-53-54-41(34)25-31/h3-5,7-14,24-25,27,30,51-52H,1-2,6,15-23,26,28-29H2,(H,53,54). The molecule has 0 spiro atoms. The third kappa shape index (κ3) is 9.96. The van der Waals surface area contributed by atoms with Crippen LogP contribution in [0.2, 0.25) is 10.0 Å². The van der Waals surface area contributed by atoms with Gasteiger partial charge in [0.1, 0.15) is 5.75 Å². The van der Waals surface area contributed by atoms with E-state index in [0.717, 1.165) is 121 Å². The van der Waals surface area contributed by atoms with Crippen molar-refractivity contribution in [1.82, 2.24) is 35.2 Å². The monoisotopic (exact) mass is 845 g/mol. The molecule has 0 amide bonds. The third-order valence-electron chi connectivity index (χ3n) is 11.8. The van der Waals surface area contributed by atoms with Crippen molar-refractivity contribution in [2.24, 2.45) is 0 Å². The van der Waals surface area contributed by atoms with E-state index in [1.54, 1.807) is 18.3 Å². The summed E-state index contributed by atoms with van der Waals surface area (Å²) in [4.78, 5) is 18.8. The van der Waals surface area contributed by atoms with Crippen molar-refractivity contribution in [3.05, 3.63) is 118 Å². The van der Waals surface area contributed by atoms with Gasteiger partial charge in [0.25, 0.3) is 0 Å². The van der Waals surface area contributed by atoms with Crippen molar-refractivity contribution in [1.29, 1.82) is 0 Å². The van der Waals surface area contributed by atoms with Gasteiger partial charge in [-0.3, -0.25) is 19.7 Å². The zero-order chi connectivity index (χ0) is 41.0. The maximum atomic E-state index is 14.0. The highest BCUT2D eigenvalue weighted by Gasteiger charge is 2.38. The Labute approximate surface area is 351 Å². The number of aromatic amines is 1. The van der Waals surface area contributed by atoms with Crippen LogP contribution >= 0.6 is 23.2 Å². The molecule has 0 saturated carbocycles. The predicted molar refractivity (Wildman–Crippen MR) is 228 cm³/mol. The molecule has 2 saturated heterocycles. The molecule has 2 aromatic heterocycles. The van der Waals surface area contributed by atoms with Crippen LogP contribution in [-0.2, 0) is 31.0 Å². The van der Waals surface area contributed by atoms with Crippen LogP contribution in [0.4, 0.5) is 13.2 Å². The molecule has 0 radical (unpaired) electrons. The molecule has 8 rings (SSSR count). The van der Waals surface area contributed by atoms with Crippen molar-refractivity contribution in [3.63, 3.8) is 0 Å².